The number of carbonyl (C=O) groups is 1. The number of nitrogens with zero attached hydrogens (tertiary/aromatic N) is 4. The first kappa shape index (κ1) is 16.6. The van der Waals surface area contributed by atoms with Crippen molar-refractivity contribution in [2.24, 2.45) is 0 Å². The molecule has 2 aromatic carbocycles. The Bertz CT molecular complexity index is 944. The number of fused-ring (bicyclic) bond motifs is 1. The van der Waals surface area contributed by atoms with Crippen molar-refractivity contribution < 1.29 is 9.18 Å². The zero-order valence-electron chi connectivity index (χ0n) is 14.7. The second-order valence-corrected chi connectivity index (χ2v) is 6.43. The number of halogens is 1. The Kier molecular flexibility index (Phi) is 4.32. The van der Waals surface area contributed by atoms with Crippen LogP contribution in [0.25, 0.3) is 11.0 Å². The summed E-state index contributed by atoms with van der Waals surface area (Å²) in [5.74, 6) is 0.450. The van der Waals surface area contributed by atoms with E-state index in [1.807, 2.05) is 18.2 Å². The minimum absolute atomic E-state index is 0.117. The van der Waals surface area contributed by atoms with E-state index in [1.54, 1.807) is 17.0 Å². The normalized spacial score (nSPS) is 14.8. The van der Waals surface area contributed by atoms with E-state index in [1.165, 1.54) is 12.1 Å². The number of piperazine rings is 1. The van der Waals surface area contributed by atoms with Gasteiger partial charge >= 0.3 is 0 Å². The largest absolute Gasteiger partial charge is 0.339 e. The second-order valence-electron chi connectivity index (χ2n) is 6.43. The number of hydrogen-bond acceptors (Lipinski definition) is 3. The fraction of sp³-hybridized carbons (Fsp3) is 0.300. The van der Waals surface area contributed by atoms with E-state index in [2.05, 4.69) is 22.5 Å². The molecule has 1 aliphatic rings. The van der Waals surface area contributed by atoms with Crippen LogP contribution >= 0.6 is 0 Å². The number of aryl methyl sites for hydroxylation is 1. The lowest BCUT2D eigenvalue weighted by atomic mass is 10.2. The second kappa shape index (κ2) is 6.78. The van der Waals surface area contributed by atoms with Gasteiger partial charge in [0.1, 0.15) is 5.82 Å². The van der Waals surface area contributed by atoms with Crippen molar-refractivity contribution in [3.05, 3.63) is 59.9 Å². The van der Waals surface area contributed by atoms with Gasteiger partial charge < -0.3 is 14.4 Å². The average molecular weight is 352 g/mol. The van der Waals surface area contributed by atoms with Crippen molar-refractivity contribution in [1.29, 1.82) is 0 Å². The minimum Gasteiger partial charge on any atom is -0.339 e. The summed E-state index contributed by atoms with van der Waals surface area (Å²) in [6.45, 7) is 5.58. The predicted molar refractivity (Wildman–Crippen MR) is 99.9 cm³/mol. The van der Waals surface area contributed by atoms with Crippen LogP contribution in [0.15, 0.2) is 48.5 Å². The zero-order valence-corrected chi connectivity index (χ0v) is 14.7. The molecule has 1 aromatic heterocycles. The van der Waals surface area contributed by atoms with Crippen molar-refractivity contribution in [3.8, 4) is 0 Å². The summed E-state index contributed by atoms with van der Waals surface area (Å²) in [4.78, 5) is 21.4. The SMILES string of the molecule is CCn1c(N2CCN(C(=O)c3cccc(F)c3)CC2)nc2ccccc21. The Labute approximate surface area is 151 Å². The van der Waals surface area contributed by atoms with E-state index in [0.29, 0.717) is 31.7 Å². The van der Waals surface area contributed by atoms with Crippen molar-refractivity contribution in [3.63, 3.8) is 0 Å². The maximum absolute atomic E-state index is 13.4. The Hall–Kier alpha value is -2.89. The van der Waals surface area contributed by atoms with Gasteiger partial charge in [-0.2, -0.15) is 0 Å². The summed E-state index contributed by atoms with van der Waals surface area (Å²) in [5.41, 5.74) is 2.52. The van der Waals surface area contributed by atoms with E-state index in [-0.39, 0.29) is 11.7 Å². The van der Waals surface area contributed by atoms with E-state index in [4.69, 9.17) is 4.98 Å². The molecule has 0 unspecified atom stereocenters. The number of hydrogen-bond donors (Lipinski definition) is 0. The maximum atomic E-state index is 13.4. The molecule has 0 N–H and O–H groups in total. The van der Waals surface area contributed by atoms with Crippen molar-refractivity contribution in [2.45, 2.75) is 13.5 Å². The molecular formula is C20H21FN4O. The maximum Gasteiger partial charge on any atom is 0.254 e. The predicted octanol–water partition coefficient (Wildman–Crippen LogP) is 3.16. The number of imidazole rings is 1. The summed E-state index contributed by atoms with van der Waals surface area (Å²) in [6, 6.07) is 14.0. The van der Waals surface area contributed by atoms with Crippen LogP contribution < -0.4 is 4.90 Å². The van der Waals surface area contributed by atoms with Crippen LogP contribution in [0.3, 0.4) is 0 Å². The number of amides is 1. The van der Waals surface area contributed by atoms with Crippen molar-refractivity contribution >= 4 is 22.9 Å². The number of para-hydroxylation sites is 2. The monoisotopic (exact) mass is 352 g/mol. The molecule has 0 atom stereocenters. The molecule has 1 amide bonds. The van der Waals surface area contributed by atoms with Crippen LogP contribution in [0.4, 0.5) is 10.3 Å². The van der Waals surface area contributed by atoms with Gasteiger partial charge in [0.05, 0.1) is 11.0 Å². The lowest BCUT2D eigenvalue weighted by Crippen LogP contribution is -2.49. The lowest BCUT2D eigenvalue weighted by molar-refractivity contribution is 0.0745. The first-order chi connectivity index (χ1) is 12.7. The molecule has 134 valence electrons. The highest BCUT2D eigenvalue weighted by molar-refractivity contribution is 5.94. The van der Waals surface area contributed by atoms with E-state index >= 15 is 0 Å². The molecule has 1 aliphatic heterocycles. The molecule has 4 rings (SSSR count). The van der Waals surface area contributed by atoms with Crippen molar-refractivity contribution in [1.82, 2.24) is 14.5 Å². The number of carbonyl (C=O) groups excluding carboxylic acids is 1. The zero-order chi connectivity index (χ0) is 18.1. The Morgan fingerprint density at radius 2 is 1.85 bits per heavy atom. The van der Waals surface area contributed by atoms with Crippen LogP contribution in [-0.2, 0) is 6.54 Å². The van der Waals surface area contributed by atoms with Crippen LogP contribution in [0.1, 0.15) is 17.3 Å². The summed E-state index contributed by atoms with van der Waals surface area (Å²) in [5, 5.41) is 0. The van der Waals surface area contributed by atoms with E-state index in [0.717, 1.165) is 23.5 Å². The summed E-state index contributed by atoms with van der Waals surface area (Å²) in [7, 11) is 0. The molecule has 1 saturated heterocycles. The van der Waals surface area contributed by atoms with Gasteiger partial charge in [0.25, 0.3) is 5.91 Å². The first-order valence-corrected chi connectivity index (χ1v) is 8.92. The van der Waals surface area contributed by atoms with E-state index in [9.17, 15) is 9.18 Å². The molecule has 2 heterocycles. The molecule has 0 aliphatic carbocycles. The van der Waals surface area contributed by atoms with Gasteiger partial charge in [0.15, 0.2) is 0 Å². The molecule has 0 radical (unpaired) electrons. The summed E-state index contributed by atoms with van der Waals surface area (Å²) < 4.78 is 15.6. The number of anilines is 1. The highest BCUT2D eigenvalue weighted by Gasteiger charge is 2.25. The first-order valence-electron chi connectivity index (χ1n) is 8.92. The molecule has 0 spiro atoms. The van der Waals surface area contributed by atoms with Crippen LogP contribution in [0, 0.1) is 5.82 Å². The Morgan fingerprint density at radius 1 is 1.08 bits per heavy atom. The van der Waals surface area contributed by atoms with E-state index < -0.39 is 0 Å². The van der Waals surface area contributed by atoms with Gasteiger partial charge in [0, 0.05) is 38.3 Å². The molecule has 0 saturated carbocycles. The van der Waals surface area contributed by atoms with Gasteiger partial charge in [-0.3, -0.25) is 4.79 Å². The lowest BCUT2D eigenvalue weighted by Gasteiger charge is -2.35. The molecule has 6 heteroatoms. The number of benzene rings is 2. The van der Waals surface area contributed by atoms with Gasteiger partial charge in [-0.15, -0.1) is 0 Å². The summed E-state index contributed by atoms with van der Waals surface area (Å²) in [6.07, 6.45) is 0. The van der Waals surface area contributed by atoms with Crippen LogP contribution in [0.2, 0.25) is 0 Å². The van der Waals surface area contributed by atoms with Crippen LogP contribution in [0.5, 0.6) is 0 Å². The minimum atomic E-state index is -0.383. The van der Waals surface area contributed by atoms with Gasteiger partial charge in [-0.05, 0) is 37.3 Å². The van der Waals surface area contributed by atoms with Gasteiger partial charge in [-0.1, -0.05) is 18.2 Å². The number of rotatable bonds is 3. The average Bonchev–Trinajstić information content (AvgIpc) is 3.06. The van der Waals surface area contributed by atoms with Crippen LogP contribution in [-0.4, -0.2) is 46.5 Å². The third-order valence-electron chi connectivity index (χ3n) is 4.87. The molecule has 0 bridgehead atoms. The Balaban J connectivity index is 1.51. The fourth-order valence-corrected chi connectivity index (χ4v) is 3.53. The molecular weight excluding hydrogens is 331 g/mol. The highest BCUT2D eigenvalue weighted by atomic mass is 19.1. The third-order valence-corrected chi connectivity index (χ3v) is 4.87. The molecule has 5 nitrogen and oxygen atoms in total. The number of aromatic nitrogens is 2. The molecule has 3 aromatic rings. The quantitative estimate of drug-likeness (QED) is 0.727. The summed E-state index contributed by atoms with van der Waals surface area (Å²) >= 11 is 0. The highest BCUT2D eigenvalue weighted by Crippen LogP contribution is 2.23. The third kappa shape index (κ3) is 2.92. The molecule has 26 heavy (non-hydrogen) atoms. The Morgan fingerprint density at radius 3 is 2.58 bits per heavy atom. The molecule has 1 fully saturated rings. The topological polar surface area (TPSA) is 41.4 Å². The van der Waals surface area contributed by atoms with Crippen molar-refractivity contribution in [2.75, 3.05) is 31.1 Å². The fourth-order valence-electron chi connectivity index (χ4n) is 3.53. The smallest absolute Gasteiger partial charge is 0.254 e. The van der Waals surface area contributed by atoms with Gasteiger partial charge in [0.2, 0.25) is 5.95 Å². The standard InChI is InChI=1S/C20H21FN4O/c1-2-25-18-9-4-3-8-17(18)22-20(25)24-12-10-23(11-13-24)19(26)15-6-5-7-16(21)14-15/h3-9,14H,2,10-13H2,1H3. The van der Waals surface area contributed by atoms with Gasteiger partial charge in [-0.25, -0.2) is 9.37 Å².